The first-order chi connectivity index (χ1) is 14.0. The minimum Gasteiger partial charge on any atom is -0.506 e. The van der Waals surface area contributed by atoms with E-state index >= 15 is 0 Å². The van der Waals surface area contributed by atoms with Crippen molar-refractivity contribution in [3.8, 4) is 11.6 Å². The quantitative estimate of drug-likeness (QED) is 0.612. The first-order valence-electron chi connectivity index (χ1n) is 10.3. The Hall–Kier alpha value is -2.22. The molecule has 2 aliphatic rings. The maximum atomic E-state index is 10.6. The third-order valence-electron chi connectivity index (χ3n) is 6.81. The lowest BCUT2D eigenvalue weighted by Gasteiger charge is -2.58. The van der Waals surface area contributed by atoms with E-state index in [0.717, 1.165) is 24.0 Å². The predicted molar refractivity (Wildman–Crippen MR) is 107 cm³/mol. The van der Waals surface area contributed by atoms with Crippen LogP contribution in [-0.2, 0) is 19.8 Å². The number of fused-ring (bicyclic) bond motifs is 1. The zero-order chi connectivity index (χ0) is 20.7. The van der Waals surface area contributed by atoms with E-state index in [1.807, 2.05) is 6.92 Å². The Morgan fingerprint density at radius 1 is 1.00 bits per heavy atom. The SMILES string of the molecule is Cc1ncc(CO)c(CN2C3CCCCC3C2c2c(CO)cnc(O)c2C)c1O. The molecule has 1 saturated carbocycles. The molecule has 4 N–H and O–H groups in total. The Labute approximate surface area is 170 Å². The van der Waals surface area contributed by atoms with Gasteiger partial charge in [-0.05, 0) is 38.2 Å². The van der Waals surface area contributed by atoms with Crippen LogP contribution in [0, 0.1) is 19.8 Å². The highest BCUT2D eigenvalue weighted by molar-refractivity contribution is 5.44. The van der Waals surface area contributed by atoms with E-state index < -0.39 is 0 Å². The Kier molecular flexibility index (Phi) is 5.46. The lowest BCUT2D eigenvalue weighted by atomic mass is 9.67. The zero-order valence-electron chi connectivity index (χ0n) is 17.0. The van der Waals surface area contributed by atoms with E-state index in [1.165, 1.54) is 12.8 Å². The summed E-state index contributed by atoms with van der Waals surface area (Å²) in [7, 11) is 0. The highest BCUT2D eigenvalue weighted by atomic mass is 16.3. The maximum Gasteiger partial charge on any atom is 0.214 e. The number of likely N-dealkylation sites (tertiary alicyclic amines) is 1. The fraction of sp³-hybridized carbons (Fsp3) is 0.545. The van der Waals surface area contributed by atoms with Gasteiger partial charge < -0.3 is 20.4 Å². The van der Waals surface area contributed by atoms with Crippen molar-refractivity contribution in [2.24, 2.45) is 5.92 Å². The molecule has 3 atom stereocenters. The van der Waals surface area contributed by atoms with Crippen molar-refractivity contribution in [1.29, 1.82) is 0 Å². The van der Waals surface area contributed by atoms with Gasteiger partial charge in [0.25, 0.3) is 0 Å². The second-order valence-electron chi connectivity index (χ2n) is 8.29. The van der Waals surface area contributed by atoms with E-state index in [1.54, 1.807) is 19.3 Å². The summed E-state index contributed by atoms with van der Waals surface area (Å²) in [6, 6.07) is 0.421. The van der Waals surface area contributed by atoms with Crippen molar-refractivity contribution in [1.82, 2.24) is 14.9 Å². The molecule has 7 nitrogen and oxygen atoms in total. The van der Waals surface area contributed by atoms with Crippen molar-refractivity contribution >= 4 is 0 Å². The largest absolute Gasteiger partial charge is 0.506 e. The van der Waals surface area contributed by atoms with Crippen molar-refractivity contribution in [2.45, 2.75) is 71.4 Å². The average Bonchev–Trinajstić information content (AvgIpc) is 2.72. The van der Waals surface area contributed by atoms with Gasteiger partial charge in [-0.2, -0.15) is 0 Å². The molecule has 2 aromatic rings. The second kappa shape index (κ2) is 7.89. The Morgan fingerprint density at radius 2 is 1.69 bits per heavy atom. The molecule has 1 aliphatic heterocycles. The van der Waals surface area contributed by atoms with E-state index in [2.05, 4.69) is 14.9 Å². The minimum absolute atomic E-state index is 0.00457. The first kappa shape index (κ1) is 20.1. The topological polar surface area (TPSA) is 110 Å². The summed E-state index contributed by atoms with van der Waals surface area (Å²) in [6.07, 6.45) is 7.72. The summed E-state index contributed by atoms with van der Waals surface area (Å²) in [4.78, 5) is 10.5. The Morgan fingerprint density at radius 3 is 2.41 bits per heavy atom. The molecule has 0 amide bonds. The number of aliphatic hydroxyl groups is 2. The summed E-state index contributed by atoms with van der Waals surface area (Å²) in [5.41, 5.74) is 4.26. The van der Waals surface area contributed by atoms with Gasteiger partial charge in [-0.15, -0.1) is 0 Å². The molecular weight excluding hydrogens is 370 g/mol. The summed E-state index contributed by atoms with van der Waals surface area (Å²) in [6.45, 7) is 3.78. The summed E-state index contributed by atoms with van der Waals surface area (Å²) >= 11 is 0. The Bertz CT molecular complexity index is 917. The Balaban J connectivity index is 1.77. The molecule has 0 spiro atoms. The number of aryl methyl sites for hydroxylation is 1. The highest BCUT2D eigenvalue weighted by Gasteiger charge is 2.50. The number of hydrogen-bond donors (Lipinski definition) is 4. The molecule has 0 aromatic carbocycles. The molecule has 4 rings (SSSR count). The fourth-order valence-corrected chi connectivity index (χ4v) is 5.25. The summed E-state index contributed by atoms with van der Waals surface area (Å²) in [5, 5.41) is 40.6. The van der Waals surface area contributed by atoms with Crippen LogP contribution in [0.3, 0.4) is 0 Å². The van der Waals surface area contributed by atoms with Crippen LogP contribution in [0.2, 0.25) is 0 Å². The van der Waals surface area contributed by atoms with E-state index in [4.69, 9.17) is 0 Å². The lowest BCUT2D eigenvalue weighted by Crippen LogP contribution is -2.59. The van der Waals surface area contributed by atoms with Crippen LogP contribution in [0.25, 0.3) is 0 Å². The molecule has 1 aliphatic carbocycles. The van der Waals surface area contributed by atoms with Crippen LogP contribution < -0.4 is 0 Å². The van der Waals surface area contributed by atoms with Gasteiger partial charge in [0.2, 0.25) is 5.88 Å². The molecule has 3 heterocycles. The maximum absolute atomic E-state index is 10.6. The number of pyridine rings is 2. The van der Waals surface area contributed by atoms with Crippen LogP contribution in [0.4, 0.5) is 0 Å². The molecule has 2 fully saturated rings. The van der Waals surface area contributed by atoms with Crippen molar-refractivity contribution < 1.29 is 20.4 Å². The molecule has 29 heavy (non-hydrogen) atoms. The smallest absolute Gasteiger partial charge is 0.214 e. The van der Waals surface area contributed by atoms with Gasteiger partial charge in [-0.1, -0.05) is 12.8 Å². The van der Waals surface area contributed by atoms with Gasteiger partial charge in [-0.25, -0.2) is 4.98 Å². The minimum atomic E-state index is -0.181. The highest BCUT2D eigenvalue weighted by Crippen LogP contribution is 2.54. The van der Waals surface area contributed by atoms with Gasteiger partial charge in [-0.3, -0.25) is 9.88 Å². The molecule has 7 heteroatoms. The number of aromatic nitrogens is 2. The molecule has 0 radical (unpaired) electrons. The number of rotatable bonds is 5. The van der Waals surface area contributed by atoms with Crippen LogP contribution >= 0.6 is 0 Å². The molecule has 156 valence electrons. The molecular formula is C22H29N3O4. The van der Waals surface area contributed by atoms with E-state index in [0.29, 0.717) is 40.9 Å². The predicted octanol–water partition coefficient (Wildman–Crippen LogP) is 2.60. The van der Waals surface area contributed by atoms with Gasteiger partial charge in [0.1, 0.15) is 5.75 Å². The van der Waals surface area contributed by atoms with Crippen LogP contribution in [0.5, 0.6) is 11.6 Å². The average molecular weight is 399 g/mol. The lowest BCUT2D eigenvalue weighted by molar-refractivity contribution is -0.0910. The van der Waals surface area contributed by atoms with E-state index in [-0.39, 0.29) is 30.9 Å². The standard InChI is InChI=1S/C22H29N3O4/c1-12-19(15(11-27)8-24-22(12)29)20-16-5-3-4-6-18(16)25(20)9-17-14(10-26)7-23-13(2)21(17)28/h7-8,16,18,20,26-28H,3-6,9-11H2,1-2H3,(H,24,29). The number of aliphatic hydroxyl groups excluding tert-OH is 2. The monoisotopic (exact) mass is 399 g/mol. The molecule has 2 aromatic heterocycles. The van der Waals surface area contributed by atoms with Crippen molar-refractivity contribution in [2.75, 3.05) is 0 Å². The third kappa shape index (κ3) is 3.27. The number of nitrogens with zero attached hydrogens (tertiary/aromatic N) is 3. The summed E-state index contributed by atoms with van der Waals surface area (Å²) in [5.74, 6) is 0.568. The fourth-order valence-electron chi connectivity index (χ4n) is 5.25. The van der Waals surface area contributed by atoms with Gasteiger partial charge in [0.15, 0.2) is 0 Å². The zero-order valence-corrected chi connectivity index (χ0v) is 17.0. The van der Waals surface area contributed by atoms with Crippen molar-refractivity contribution in [3.05, 3.63) is 45.9 Å². The number of aromatic hydroxyl groups is 2. The van der Waals surface area contributed by atoms with Gasteiger partial charge >= 0.3 is 0 Å². The van der Waals surface area contributed by atoms with Crippen LogP contribution in [0.1, 0.15) is 65.2 Å². The van der Waals surface area contributed by atoms with Crippen LogP contribution in [0.15, 0.2) is 12.4 Å². The van der Waals surface area contributed by atoms with Crippen molar-refractivity contribution in [3.63, 3.8) is 0 Å². The normalized spacial score (nSPS) is 24.2. The molecule has 1 saturated heterocycles. The van der Waals surface area contributed by atoms with E-state index in [9.17, 15) is 20.4 Å². The second-order valence-corrected chi connectivity index (χ2v) is 8.29. The van der Waals surface area contributed by atoms with Gasteiger partial charge in [0.05, 0.1) is 18.9 Å². The summed E-state index contributed by atoms with van der Waals surface area (Å²) < 4.78 is 0. The molecule has 0 bridgehead atoms. The van der Waals surface area contributed by atoms with Crippen LogP contribution in [-0.4, -0.2) is 41.3 Å². The third-order valence-corrected chi connectivity index (χ3v) is 6.81. The molecule has 3 unspecified atom stereocenters. The van der Waals surface area contributed by atoms with Gasteiger partial charge in [0, 0.05) is 53.3 Å². The first-order valence-corrected chi connectivity index (χ1v) is 10.3. The number of hydrogen-bond acceptors (Lipinski definition) is 7.